The van der Waals surface area contributed by atoms with E-state index in [2.05, 4.69) is 58.3 Å². The summed E-state index contributed by atoms with van der Waals surface area (Å²) in [5.41, 5.74) is 2.58. The first-order chi connectivity index (χ1) is 7.65. The number of hydrogen-bond donors (Lipinski definition) is 1. The highest BCUT2D eigenvalue weighted by Crippen LogP contribution is 2.23. The zero-order valence-electron chi connectivity index (χ0n) is 9.96. The van der Waals surface area contributed by atoms with Crippen molar-refractivity contribution in [2.24, 2.45) is 0 Å². The van der Waals surface area contributed by atoms with Crippen molar-refractivity contribution in [1.29, 1.82) is 0 Å². The third-order valence-electron chi connectivity index (χ3n) is 3.18. The molecule has 0 aliphatic carbocycles. The van der Waals surface area contributed by atoms with Crippen LogP contribution in [0.4, 0.5) is 5.69 Å². The zero-order chi connectivity index (χ0) is 11.5. The molecule has 1 aliphatic heterocycles. The first kappa shape index (κ1) is 11.9. The first-order valence-corrected chi connectivity index (χ1v) is 6.65. The lowest BCUT2D eigenvalue weighted by Gasteiger charge is -2.31. The Morgan fingerprint density at radius 3 is 3.00 bits per heavy atom. The van der Waals surface area contributed by atoms with E-state index in [-0.39, 0.29) is 0 Å². The molecule has 0 radical (unpaired) electrons. The molecule has 1 aromatic carbocycles. The predicted octanol–water partition coefficient (Wildman–Crippen LogP) is 3.26. The minimum Gasteiger partial charge on any atom is -0.381 e. The largest absolute Gasteiger partial charge is 0.381 e. The second-order valence-corrected chi connectivity index (χ2v) is 5.62. The van der Waals surface area contributed by atoms with Crippen LogP contribution in [0.25, 0.3) is 0 Å². The molecule has 0 aromatic heterocycles. The molecule has 2 nitrogen and oxygen atoms in total. The van der Waals surface area contributed by atoms with Crippen molar-refractivity contribution in [3.05, 3.63) is 28.2 Å². The molecular weight excluding hydrogens is 264 g/mol. The van der Waals surface area contributed by atoms with Crippen LogP contribution in [-0.2, 0) is 0 Å². The Bertz CT molecular complexity index is 365. The van der Waals surface area contributed by atoms with E-state index >= 15 is 0 Å². The molecule has 2 rings (SSSR count). The normalized spacial score (nSPS) is 22.1. The minimum atomic E-state index is 0.590. The number of piperidine rings is 1. The quantitative estimate of drug-likeness (QED) is 0.896. The van der Waals surface area contributed by atoms with Gasteiger partial charge in [-0.15, -0.1) is 0 Å². The monoisotopic (exact) mass is 282 g/mol. The molecule has 1 atom stereocenters. The number of aryl methyl sites for hydroxylation is 1. The number of likely N-dealkylation sites (tertiary alicyclic amines) is 1. The van der Waals surface area contributed by atoms with E-state index in [1.807, 2.05) is 0 Å². The molecule has 0 amide bonds. The number of anilines is 1. The van der Waals surface area contributed by atoms with Gasteiger partial charge in [0, 0.05) is 22.7 Å². The third-order valence-corrected chi connectivity index (χ3v) is 3.68. The van der Waals surface area contributed by atoms with Gasteiger partial charge in [-0.05, 0) is 51.1 Å². The molecule has 3 heteroatoms. The molecule has 0 saturated carbocycles. The summed E-state index contributed by atoms with van der Waals surface area (Å²) < 4.78 is 1.14. The van der Waals surface area contributed by atoms with Crippen molar-refractivity contribution in [2.75, 3.05) is 25.5 Å². The summed E-state index contributed by atoms with van der Waals surface area (Å²) in [6, 6.07) is 7.00. The standard InChI is InChI=1S/C13H19BrN2/c1-10-5-6-11(14)8-13(10)15-12-4-3-7-16(2)9-12/h5-6,8,12,15H,3-4,7,9H2,1-2H3. The molecule has 16 heavy (non-hydrogen) atoms. The van der Waals surface area contributed by atoms with Crippen LogP contribution in [0.3, 0.4) is 0 Å². The van der Waals surface area contributed by atoms with E-state index in [1.165, 1.54) is 30.6 Å². The van der Waals surface area contributed by atoms with Gasteiger partial charge in [0.25, 0.3) is 0 Å². The minimum absolute atomic E-state index is 0.590. The summed E-state index contributed by atoms with van der Waals surface area (Å²) in [5, 5.41) is 3.65. The summed E-state index contributed by atoms with van der Waals surface area (Å²) in [6.45, 7) is 4.53. The van der Waals surface area contributed by atoms with Crippen LogP contribution in [0.1, 0.15) is 18.4 Å². The summed E-state index contributed by atoms with van der Waals surface area (Å²) in [6.07, 6.45) is 2.57. The average molecular weight is 283 g/mol. The van der Waals surface area contributed by atoms with Crippen LogP contribution in [0.2, 0.25) is 0 Å². The number of nitrogens with zero attached hydrogens (tertiary/aromatic N) is 1. The number of halogens is 1. The fraction of sp³-hybridized carbons (Fsp3) is 0.538. The van der Waals surface area contributed by atoms with Crippen molar-refractivity contribution < 1.29 is 0 Å². The van der Waals surface area contributed by atoms with Gasteiger partial charge < -0.3 is 10.2 Å². The molecule has 1 saturated heterocycles. The van der Waals surface area contributed by atoms with Crippen LogP contribution < -0.4 is 5.32 Å². The molecule has 1 N–H and O–H groups in total. The van der Waals surface area contributed by atoms with Crippen molar-refractivity contribution >= 4 is 21.6 Å². The highest BCUT2D eigenvalue weighted by Gasteiger charge is 2.17. The van der Waals surface area contributed by atoms with Gasteiger partial charge in [0.05, 0.1) is 0 Å². The summed E-state index contributed by atoms with van der Waals surface area (Å²) in [5.74, 6) is 0. The van der Waals surface area contributed by atoms with Gasteiger partial charge in [-0.25, -0.2) is 0 Å². The number of likely N-dealkylation sites (N-methyl/N-ethyl adjacent to an activating group) is 1. The molecule has 1 aromatic rings. The highest BCUT2D eigenvalue weighted by atomic mass is 79.9. The number of nitrogens with one attached hydrogen (secondary N) is 1. The Labute approximate surface area is 106 Å². The Morgan fingerprint density at radius 1 is 1.44 bits per heavy atom. The molecule has 0 spiro atoms. The van der Waals surface area contributed by atoms with Gasteiger partial charge in [-0.2, -0.15) is 0 Å². The van der Waals surface area contributed by atoms with Gasteiger partial charge in [0.2, 0.25) is 0 Å². The van der Waals surface area contributed by atoms with E-state index in [1.54, 1.807) is 0 Å². The van der Waals surface area contributed by atoms with Gasteiger partial charge in [-0.3, -0.25) is 0 Å². The fourth-order valence-electron chi connectivity index (χ4n) is 2.25. The lowest BCUT2D eigenvalue weighted by Crippen LogP contribution is -2.39. The lowest BCUT2D eigenvalue weighted by atomic mass is 10.1. The third kappa shape index (κ3) is 2.98. The SMILES string of the molecule is Cc1ccc(Br)cc1NC1CCCN(C)C1. The number of benzene rings is 1. The summed E-state index contributed by atoms with van der Waals surface area (Å²) in [4.78, 5) is 2.40. The molecule has 88 valence electrons. The lowest BCUT2D eigenvalue weighted by molar-refractivity contribution is 0.261. The predicted molar refractivity (Wildman–Crippen MR) is 73.0 cm³/mol. The average Bonchev–Trinajstić information content (AvgIpc) is 2.24. The molecule has 1 fully saturated rings. The zero-order valence-corrected chi connectivity index (χ0v) is 11.5. The van der Waals surface area contributed by atoms with Crippen molar-refractivity contribution in [2.45, 2.75) is 25.8 Å². The Balaban J connectivity index is 2.05. The summed E-state index contributed by atoms with van der Waals surface area (Å²) in [7, 11) is 2.20. The maximum atomic E-state index is 3.65. The van der Waals surface area contributed by atoms with Crippen LogP contribution >= 0.6 is 15.9 Å². The Morgan fingerprint density at radius 2 is 2.25 bits per heavy atom. The molecular formula is C13H19BrN2. The molecule has 1 unspecified atom stereocenters. The summed E-state index contributed by atoms with van der Waals surface area (Å²) >= 11 is 3.52. The van der Waals surface area contributed by atoms with Gasteiger partial charge >= 0.3 is 0 Å². The van der Waals surface area contributed by atoms with Crippen LogP contribution in [-0.4, -0.2) is 31.1 Å². The highest BCUT2D eigenvalue weighted by molar-refractivity contribution is 9.10. The van der Waals surface area contributed by atoms with Gasteiger partial charge in [0.15, 0.2) is 0 Å². The van der Waals surface area contributed by atoms with Crippen LogP contribution in [0.5, 0.6) is 0 Å². The van der Waals surface area contributed by atoms with Crippen LogP contribution in [0.15, 0.2) is 22.7 Å². The van der Waals surface area contributed by atoms with E-state index in [4.69, 9.17) is 0 Å². The molecule has 0 bridgehead atoms. The maximum absolute atomic E-state index is 3.65. The van der Waals surface area contributed by atoms with Gasteiger partial charge in [0.1, 0.15) is 0 Å². The van der Waals surface area contributed by atoms with Crippen molar-refractivity contribution in [3.63, 3.8) is 0 Å². The van der Waals surface area contributed by atoms with E-state index in [0.717, 1.165) is 11.0 Å². The van der Waals surface area contributed by atoms with E-state index < -0.39 is 0 Å². The second kappa shape index (κ2) is 5.19. The van der Waals surface area contributed by atoms with E-state index in [9.17, 15) is 0 Å². The smallest absolute Gasteiger partial charge is 0.0388 e. The number of rotatable bonds is 2. The van der Waals surface area contributed by atoms with E-state index in [0.29, 0.717) is 6.04 Å². The fourth-order valence-corrected chi connectivity index (χ4v) is 2.61. The molecule has 1 heterocycles. The Hall–Kier alpha value is -0.540. The first-order valence-electron chi connectivity index (χ1n) is 5.86. The topological polar surface area (TPSA) is 15.3 Å². The van der Waals surface area contributed by atoms with Crippen molar-refractivity contribution in [3.8, 4) is 0 Å². The Kier molecular flexibility index (Phi) is 3.87. The number of hydrogen-bond acceptors (Lipinski definition) is 2. The second-order valence-electron chi connectivity index (χ2n) is 4.70. The van der Waals surface area contributed by atoms with Gasteiger partial charge in [-0.1, -0.05) is 22.0 Å². The van der Waals surface area contributed by atoms with Crippen LogP contribution in [0, 0.1) is 6.92 Å². The van der Waals surface area contributed by atoms with Crippen molar-refractivity contribution in [1.82, 2.24) is 4.90 Å². The molecule has 1 aliphatic rings. The maximum Gasteiger partial charge on any atom is 0.0388 e.